The Hall–Kier alpha value is -0.920. The Kier molecular flexibility index (Phi) is 3.62. The summed E-state index contributed by atoms with van der Waals surface area (Å²) in [6.07, 6.45) is 0.921. The smallest absolute Gasteiger partial charge is 0.0954 e. The lowest BCUT2D eigenvalue weighted by atomic mass is 10.3. The van der Waals surface area contributed by atoms with E-state index >= 15 is 0 Å². The molecule has 2 N–H and O–H groups in total. The predicted octanol–water partition coefficient (Wildman–Crippen LogP) is 1.66. The SMILES string of the molecule is C=C(N)N(CC)C(=C)CC. The second-order valence-electron chi connectivity index (χ2n) is 2.16. The van der Waals surface area contributed by atoms with Crippen LogP contribution in [0.25, 0.3) is 0 Å². The quantitative estimate of drug-likeness (QED) is 0.643. The van der Waals surface area contributed by atoms with Crippen molar-refractivity contribution in [3.05, 3.63) is 24.7 Å². The molecule has 0 heterocycles. The van der Waals surface area contributed by atoms with E-state index in [1.165, 1.54) is 0 Å². The van der Waals surface area contributed by atoms with Crippen LogP contribution in [0.15, 0.2) is 24.7 Å². The van der Waals surface area contributed by atoms with Crippen molar-refractivity contribution in [3.8, 4) is 0 Å². The third kappa shape index (κ3) is 2.13. The Morgan fingerprint density at radius 1 is 1.40 bits per heavy atom. The molecule has 0 aliphatic rings. The van der Waals surface area contributed by atoms with Crippen LogP contribution < -0.4 is 5.73 Å². The average Bonchev–Trinajstić information content (AvgIpc) is 1.88. The molecule has 10 heavy (non-hydrogen) atoms. The van der Waals surface area contributed by atoms with E-state index in [4.69, 9.17) is 5.73 Å². The molecule has 0 spiro atoms. The average molecular weight is 140 g/mol. The minimum absolute atomic E-state index is 0.578. The Morgan fingerprint density at radius 2 is 1.90 bits per heavy atom. The predicted molar refractivity (Wildman–Crippen MR) is 45.1 cm³/mol. The number of allylic oxidation sites excluding steroid dienone is 1. The Labute approximate surface area is 63.0 Å². The summed E-state index contributed by atoms with van der Waals surface area (Å²) >= 11 is 0. The highest BCUT2D eigenvalue weighted by Gasteiger charge is 2.02. The summed E-state index contributed by atoms with van der Waals surface area (Å²) in [6.45, 7) is 12.4. The molecule has 0 rings (SSSR count). The maximum Gasteiger partial charge on any atom is 0.0954 e. The van der Waals surface area contributed by atoms with Gasteiger partial charge in [-0.3, -0.25) is 0 Å². The number of nitrogens with two attached hydrogens (primary N) is 1. The van der Waals surface area contributed by atoms with Crippen LogP contribution in [0.3, 0.4) is 0 Å². The van der Waals surface area contributed by atoms with Crippen LogP contribution in [-0.2, 0) is 0 Å². The summed E-state index contributed by atoms with van der Waals surface area (Å²) < 4.78 is 0. The van der Waals surface area contributed by atoms with Crippen molar-refractivity contribution in [2.24, 2.45) is 5.73 Å². The van der Waals surface area contributed by atoms with Gasteiger partial charge in [-0.2, -0.15) is 0 Å². The Balaban J connectivity index is 4.06. The van der Waals surface area contributed by atoms with Gasteiger partial charge in [0.2, 0.25) is 0 Å². The normalized spacial score (nSPS) is 9.00. The third-order valence-corrected chi connectivity index (χ3v) is 1.45. The van der Waals surface area contributed by atoms with E-state index in [-0.39, 0.29) is 0 Å². The molecule has 0 aliphatic heterocycles. The summed E-state index contributed by atoms with van der Waals surface area (Å²) in [5, 5.41) is 0. The highest BCUT2D eigenvalue weighted by Crippen LogP contribution is 2.07. The summed E-state index contributed by atoms with van der Waals surface area (Å²) in [7, 11) is 0. The molecule has 0 aliphatic carbocycles. The maximum atomic E-state index is 5.49. The van der Waals surface area contributed by atoms with Crippen molar-refractivity contribution in [2.45, 2.75) is 20.3 Å². The van der Waals surface area contributed by atoms with Gasteiger partial charge in [0, 0.05) is 12.2 Å². The maximum absolute atomic E-state index is 5.49. The van der Waals surface area contributed by atoms with Crippen LogP contribution >= 0.6 is 0 Å². The number of rotatable bonds is 4. The fourth-order valence-electron chi connectivity index (χ4n) is 0.821. The molecule has 0 radical (unpaired) electrons. The van der Waals surface area contributed by atoms with Crippen molar-refractivity contribution >= 4 is 0 Å². The standard InChI is InChI=1S/C8H16N2/c1-5-7(3)10(6-2)8(4)9/h3-6,9H2,1-2H3. The molecule has 0 bridgehead atoms. The Morgan fingerprint density at radius 3 is 2.00 bits per heavy atom. The minimum atomic E-state index is 0.578. The van der Waals surface area contributed by atoms with E-state index in [2.05, 4.69) is 13.2 Å². The highest BCUT2D eigenvalue weighted by atomic mass is 15.2. The molecule has 0 aromatic carbocycles. The first-order chi connectivity index (χ1) is 4.63. The molecule has 58 valence electrons. The molecular weight excluding hydrogens is 124 g/mol. The van der Waals surface area contributed by atoms with Gasteiger partial charge < -0.3 is 10.6 Å². The van der Waals surface area contributed by atoms with Gasteiger partial charge in [0.1, 0.15) is 0 Å². The van der Waals surface area contributed by atoms with E-state index in [9.17, 15) is 0 Å². The van der Waals surface area contributed by atoms with Gasteiger partial charge in [-0.05, 0) is 13.3 Å². The number of hydrogen-bond donors (Lipinski definition) is 1. The molecule has 0 fully saturated rings. The topological polar surface area (TPSA) is 29.3 Å². The third-order valence-electron chi connectivity index (χ3n) is 1.45. The van der Waals surface area contributed by atoms with Crippen LogP contribution in [0.1, 0.15) is 20.3 Å². The zero-order valence-electron chi connectivity index (χ0n) is 6.85. The van der Waals surface area contributed by atoms with Crippen LogP contribution in [0.2, 0.25) is 0 Å². The molecule has 0 aromatic heterocycles. The van der Waals surface area contributed by atoms with E-state index in [0.717, 1.165) is 18.7 Å². The molecule has 2 nitrogen and oxygen atoms in total. The van der Waals surface area contributed by atoms with Gasteiger partial charge in [-0.15, -0.1) is 0 Å². The van der Waals surface area contributed by atoms with E-state index in [1.54, 1.807) is 0 Å². The fourth-order valence-corrected chi connectivity index (χ4v) is 0.821. The van der Waals surface area contributed by atoms with Crippen LogP contribution in [0, 0.1) is 0 Å². The van der Waals surface area contributed by atoms with Gasteiger partial charge in [0.15, 0.2) is 0 Å². The van der Waals surface area contributed by atoms with Gasteiger partial charge in [0.25, 0.3) is 0 Å². The van der Waals surface area contributed by atoms with Gasteiger partial charge >= 0.3 is 0 Å². The van der Waals surface area contributed by atoms with Crippen molar-refractivity contribution in [2.75, 3.05) is 6.54 Å². The second-order valence-corrected chi connectivity index (χ2v) is 2.16. The van der Waals surface area contributed by atoms with Crippen molar-refractivity contribution in [1.29, 1.82) is 0 Å². The monoisotopic (exact) mass is 140 g/mol. The fraction of sp³-hybridized carbons (Fsp3) is 0.500. The first-order valence-electron chi connectivity index (χ1n) is 3.53. The summed E-state index contributed by atoms with van der Waals surface area (Å²) in [4.78, 5) is 1.90. The largest absolute Gasteiger partial charge is 0.386 e. The van der Waals surface area contributed by atoms with Crippen LogP contribution in [-0.4, -0.2) is 11.4 Å². The summed E-state index contributed by atoms with van der Waals surface area (Å²) in [5.74, 6) is 0.578. The van der Waals surface area contributed by atoms with Crippen molar-refractivity contribution in [3.63, 3.8) is 0 Å². The van der Waals surface area contributed by atoms with Gasteiger partial charge in [-0.1, -0.05) is 20.1 Å². The number of nitrogens with zero attached hydrogens (tertiary/aromatic N) is 1. The van der Waals surface area contributed by atoms with E-state index in [1.807, 2.05) is 18.7 Å². The van der Waals surface area contributed by atoms with E-state index in [0.29, 0.717) is 5.82 Å². The summed E-state index contributed by atoms with van der Waals surface area (Å²) in [5.41, 5.74) is 6.52. The lowest BCUT2D eigenvalue weighted by molar-refractivity contribution is 0.435. The van der Waals surface area contributed by atoms with Crippen molar-refractivity contribution in [1.82, 2.24) is 4.90 Å². The second kappa shape index (κ2) is 3.99. The molecule has 0 atom stereocenters. The van der Waals surface area contributed by atoms with Gasteiger partial charge in [0.05, 0.1) is 5.82 Å². The van der Waals surface area contributed by atoms with E-state index < -0.39 is 0 Å². The van der Waals surface area contributed by atoms with Crippen LogP contribution in [0.5, 0.6) is 0 Å². The first kappa shape index (κ1) is 9.08. The summed E-state index contributed by atoms with van der Waals surface area (Å²) in [6, 6.07) is 0. The van der Waals surface area contributed by atoms with Crippen molar-refractivity contribution < 1.29 is 0 Å². The first-order valence-corrected chi connectivity index (χ1v) is 3.53. The number of hydrogen-bond acceptors (Lipinski definition) is 2. The molecule has 0 saturated heterocycles. The molecule has 0 saturated carbocycles. The molecule has 0 unspecified atom stereocenters. The lowest BCUT2D eigenvalue weighted by Gasteiger charge is -2.23. The highest BCUT2D eigenvalue weighted by molar-refractivity contribution is 5.03. The molecular formula is C8H16N2. The van der Waals surface area contributed by atoms with Gasteiger partial charge in [-0.25, -0.2) is 0 Å². The van der Waals surface area contributed by atoms with Crippen LogP contribution in [0.4, 0.5) is 0 Å². The molecule has 0 amide bonds. The Bertz CT molecular complexity index is 138. The zero-order chi connectivity index (χ0) is 8.15. The molecule has 0 aromatic rings. The lowest BCUT2D eigenvalue weighted by Crippen LogP contribution is -2.25. The minimum Gasteiger partial charge on any atom is -0.386 e. The molecule has 2 heteroatoms. The zero-order valence-corrected chi connectivity index (χ0v) is 6.85.